The fourth-order valence-corrected chi connectivity index (χ4v) is 2.51. The Morgan fingerprint density at radius 3 is 2.47 bits per heavy atom. The van der Waals surface area contributed by atoms with Crippen LogP contribution in [0, 0.1) is 0 Å². The average molecular weight is 239 g/mol. The Morgan fingerprint density at radius 1 is 1.18 bits per heavy atom. The summed E-state index contributed by atoms with van der Waals surface area (Å²) in [4.78, 5) is 25.3. The fraction of sp³-hybridized carbons (Fsp3) is 0.833. The van der Waals surface area contributed by atoms with E-state index in [1.165, 1.54) is 12.8 Å². The van der Waals surface area contributed by atoms with Crippen LogP contribution in [-0.4, -0.2) is 48.9 Å². The lowest BCUT2D eigenvalue weighted by Crippen LogP contribution is -2.47. The van der Waals surface area contributed by atoms with E-state index in [9.17, 15) is 9.59 Å². The molecule has 0 atom stereocenters. The highest BCUT2D eigenvalue weighted by molar-refractivity contribution is 5.97. The van der Waals surface area contributed by atoms with Crippen molar-refractivity contribution in [2.75, 3.05) is 26.2 Å². The molecule has 2 N–H and O–H groups in total. The Balaban J connectivity index is 1.71. The lowest BCUT2D eigenvalue weighted by atomic mass is 10.2. The first kappa shape index (κ1) is 12.4. The van der Waals surface area contributed by atoms with E-state index in [4.69, 9.17) is 0 Å². The molecule has 2 rings (SSSR count). The van der Waals surface area contributed by atoms with Crippen LogP contribution in [-0.2, 0) is 9.59 Å². The number of carbonyl (C=O) groups is 2. The van der Waals surface area contributed by atoms with Crippen LogP contribution >= 0.6 is 0 Å². The van der Waals surface area contributed by atoms with Gasteiger partial charge in [-0.05, 0) is 12.8 Å². The molecule has 0 aromatic carbocycles. The largest absolute Gasteiger partial charge is 0.353 e. The minimum absolute atomic E-state index is 0.0104. The fourth-order valence-electron chi connectivity index (χ4n) is 2.51. The molecule has 17 heavy (non-hydrogen) atoms. The number of rotatable bonds is 3. The molecule has 96 valence electrons. The molecule has 0 aromatic rings. The molecule has 0 bridgehead atoms. The first-order valence-corrected chi connectivity index (χ1v) is 6.53. The van der Waals surface area contributed by atoms with Gasteiger partial charge in [0, 0.05) is 32.2 Å². The Kier molecular flexibility index (Phi) is 4.36. The maximum atomic E-state index is 11.8. The second-order valence-corrected chi connectivity index (χ2v) is 4.86. The zero-order valence-electron chi connectivity index (χ0n) is 10.2. The van der Waals surface area contributed by atoms with Crippen LogP contribution < -0.4 is 10.6 Å². The summed E-state index contributed by atoms with van der Waals surface area (Å²) in [6.45, 7) is 3.09. The van der Waals surface area contributed by atoms with Crippen LogP contribution in [0.25, 0.3) is 0 Å². The number of nitrogens with one attached hydrogen (secondary N) is 2. The normalized spacial score (nSPS) is 21.5. The quantitative estimate of drug-likeness (QED) is 0.674. The van der Waals surface area contributed by atoms with E-state index in [2.05, 4.69) is 10.6 Å². The van der Waals surface area contributed by atoms with Gasteiger partial charge in [0.15, 0.2) is 0 Å². The van der Waals surface area contributed by atoms with Crippen molar-refractivity contribution >= 4 is 11.8 Å². The molecule has 0 unspecified atom stereocenters. The minimum Gasteiger partial charge on any atom is -0.353 e. The van der Waals surface area contributed by atoms with Gasteiger partial charge in [-0.3, -0.25) is 9.59 Å². The molecule has 1 heterocycles. The lowest BCUT2D eigenvalue weighted by molar-refractivity contribution is -0.136. The third-order valence-corrected chi connectivity index (χ3v) is 3.50. The average Bonchev–Trinajstić information content (AvgIpc) is 2.82. The van der Waals surface area contributed by atoms with Crippen LogP contribution in [0.3, 0.4) is 0 Å². The van der Waals surface area contributed by atoms with Crippen molar-refractivity contribution in [2.45, 2.75) is 38.1 Å². The van der Waals surface area contributed by atoms with E-state index in [0.29, 0.717) is 6.04 Å². The van der Waals surface area contributed by atoms with Crippen molar-refractivity contribution in [1.82, 2.24) is 15.5 Å². The summed E-state index contributed by atoms with van der Waals surface area (Å²) in [6.07, 6.45) is 4.52. The van der Waals surface area contributed by atoms with E-state index in [1.54, 1.807) is 4.90 Å². The molecule has 1 saturated carbocycles. The summed E-state index contributed by atoms with van der Waals surface area (Å²) < 4.78 is 0. The maximum Gasteiger partial charge on any atom is 0.232 e. The third-order valence-electron chi connectivity index (χ3n) is 3.50. The predicted octanol–water partition coefficient (Wildman–Crippen LogP) is -0.133. The van der Waals surface area contributed by atoms with Gasteiger partial charge in [-0.15, -0.1) is 0 Å². The van der Waals surface area contributed by atoms with E-state index in [0.717, 1.165) is 39.0 Å². The maximum absolute atomic E-state index is 11.8. The van der Waals surface area contributed by atoms with Crippen LogP contribution in [0.4, 0.5) is 0 Å². The van der Waals surface area contributed by atoms with Gasteiger partial charge in [0.05, 0.1) is 0 Å². The number of hydrogen-bond acceptors (Lipinski definition) is 3. The molecule has 5 nitrogen and oxygen atoms in total. The standard InChI is InChI=1S/C12H21N3O2/c16-11(14-10-3-1-2-4-10)9-12(17)15-7-5-13-6-8-15/h10,13H,1-9H2,(H,14,16). The van der Waals surface area contributed by atoms with Crippen molar-refractivity contribution < 1.29 is 9.59 Å². The van der Waals surface area contributed by atoms with E-state index < -0.39 is 0 Å². The van der Waals surface area contributed by atoms with E-state index >= 15 is 0 Å². The van der Waals surface area contributed by atoms with Crippen molar-refractivity contribution in [3.8, 4) is 0 Å². The third kappa shape index (κ3) is 3.70. The predicted molar refractivity (Wildman–Crippen MR) is 64.5 cm³/mol. The number of piperazine rings is 1. The molecule has 5 heteroatoms. The highest BCUT2D eigenvalue weighted by Gasteiger charge is 2.22. The molecule has 0 radical (unpaired) electrons. The SMILES string of the molecule is O=C(CC(=O)N1CCNCC1)NC1CCCC1. The molecule has 1 aliphatic heterocycles. The zero-order valence-corrected chi connectivity index (χ0v) is 10.2. The lowest BCUT2D eigenvalue weighted by Gasteiger charge is -2.27. The molecular weight excluding hydrogens is 218 g/mol. The highest BCUT2D eigenvalue weighted by Crippen LogP contribution is 2.17. The summed E-state index contributed by atoms with van der Waals surface area (Å²) in [5, 5.41) is 6.13. The van der Waals surface area contributed by atoms with Crippen molar-refractivity contribution in [2.24, 2.45) is 0 Å². The topological polar surface area (TPSA) is 61.4 Å². The van der Waals surface area contributed by atoms with E-state index in [-0.39, 0.29) is 18.2 Å². The van der Waals surface area contributed by atoms with Crippen LogP contribution in [0.5, 0.6) is 0 Å². The first-order chi connectivity index (χ1) is 8.25. The van der Waals surface area contributed by atoms with Crippen molar-refractivity contribution in [3.63, 3.8) is 0 Å². The minimum atomic E-state index is -0.111. The Bertz CT molecular complexity index is 281. The van der Waals surface area contributed by atoms with Gasteiger partial charge >= 0.3 is 0 Å². The summed E-state index contributed by atoms with van der Waals surface area (Å²) in [5.41, 5.74) is 0. The summed E-state index contributed by atoms with van der Waals surface area (Å²) >= 11 is 0. The molecule has 0 spiro atoms. The summed E-state index contributed by atoms with van der Waals surface area (Å²) in [5.74, 6) is -0.151. The van der Waals surface area contributed by atoms with Gasteiger partial charge in [0.1, 0.15) is 6.42 Å². The van der Waals surface area contributed by atoms with Gasteiger partial charge in [-0.2, -0.15) is 0 Å². The monoisotopic (exact) mass is 239 g/mol. The molecule has 1 aliphatic carbocycles. The second kappa shape index (κ2) is 6.00. The zero-order chi connectivity index (χ0) is 12.1. The molecule has 2 aliphatic rings. The van der Waals surface area contributed by atoms with Gasteiger partial charge in [0.2, 0.25) is 11.8 Å². The number of hydrogen-bond donors (Lipinski definition) is 2. The Hall–Kier alpha value is -1.10. The summed E-state index contributed by atoms with van der Waals surface area (Å²) in [7, 11) is 0. The van der Waals surface area contributed by atoms with Crippen molar-refractivity contribution in [3.05, 3.63) is 0 Å². The van der Waals surface area contributed by atoms with Crippen LogP contribution in [0.15, 0.2) is 0 Å². The first-order valence-electron chi connectivity index (χ1n) is 6.53. The highest BCUT2D eigenvalue weighted by atomic mass is 16.2. The second-order valence-electron chi connectivity index (χ2n) is 4.86. The van der Waals surface area contributed by atoms with Crippen LogP contribution in [0.2, 0.25) is 0 Å². The van der Waals surface area contributed by atoms with Gasteiger partial charge in [-0.1, -0.05) is 12.8 Å². The van der Waals surface area contributed by atoms with E-state index in [1.807, 2.05) is 0 Å². The van der Waals surface area contributed by atoms with Gasteiger partial charge in [-0.25, -0.2) is 0 Å². The Labute approximate surface area is 102 Å². The van der Waals surface area contributed by atoms with Gasteiger partial charge in [0.25, 0.3) is 0 Å². The molecule has 2 fully saturated rings. The molecule has 2 amide bonds. The summed E-state index contributed by atoms with van der Waals surface area (Å²) in [6, 6.07) is 0.304. The van der Waals surface area contributed by atoms with Crippen LogP contribution in [0.1, 0.15) is 32.1 Å². The number of nitrogens with zero attached hydrogens (tertiary/aromatic N) is 1. The number of carbonyl (C=O) groups excluding carboxylic acids is 2. The Morgan fingerprint density at radius 2 is 1.82 bits per heavy atom. The van der Waals surface area contributed by atoms with Crippen molar-refractivity contribution in [1.29, 1.82) is 0 Å². The smallest absolute Gasteiger partial charge is 0.232 e. The number of amides is 2. The van der Waals surface area contributed by atoms with Gasteiger partial charge < -0.3 is 15.5 Å². The molecule has 0 aromatic heterocycles. The molecular formula is C12H21N3O2. The molecule has 1 saturated heterocycles.